The maximum Gasteiger partial charge on any atom is 0.162 e. The van der Waals surface area contributed by atoms with Gasteiger partial charge in [-0.2, -0.15) is 0 Å². The second-order valence-electron chi connectivity index (χ2n) is 9.51. The zero-order valence-electron chi connectivity index (χ0n) is 22.8. The summed E-state index contributed by atoms with van der Waals surface area (Å²) in [5.74, 6) is 2.05. The highest BCUT2D eigenvalue weighted by atomic mass is 16.5. The SMILES string of the molecule is CCC(=O)c1ccc(-c2ccc(OCCCCCOc3ccc(-c4ccc(C(=O)CC)cc4)cc3)cc2)cc1. The van der Waals surface area contributed by atoms with E-state index in [-0.39, 0.29) is 11.6 Å². The van der Waals surface area contributed by atoms with Crippen LogP contribution in [0, 0.1) is 0 Å². The van der Waals surface area contributed by atoms with Gasteiger partial charge in [0.15, 0.2) is 11.6 Å². The summed E-state index contributed by atoms with van der Waals surface area (Å²) in [6, 6.07) is 31.7. The summed E-state index contributed by atoms with van der Waals surface area (Å²) in [4.78, 5) is 23.6. The van der Waals surface area contributed by atoms with Crippen molar-refractivity contribution in [2.75, 3.05) is 13.2 Å². The number of Topliss-reactive ketones (excluding diaryl/α,β-unsaturated/α-hetero) is 2. The molecule has 0 amide bonds. The first-order valence-electron chi connectivity index (χ1n) is 13.8. The molecule has 0 saturated heterocycles. The lowest BCUT2D eigenvalue weighted by Crippen LogP contribution is -2.01. The molecule has 0 N–H and O–H groups in total. The van der Waals surface area contributed by atoms with Crippen LogP contribution < -0.4 is 9.47 Å². The van der Waals surface area contributed by atoms with Crippen LogP contribution in [0.15, 0.2) is 97.1 Å². The molecular weight excluding hydrogens is 484 g/mol. The number of carbonyl (C=O) groups excluding carboxylic acids is 2. The van der Waals surface area contributed by atoms with E-state index >= 15 is 0 Å². The Hall–Kier alpha value is -4.18. The quantitative estimate of drug-likeness (QED) is 0.123. The Kier molecular flexibility index (Phi) is 10.1. The van der Waals surface area contributed by atoms with Crippen LogP contribution in [0.1, 0.15) is 66.7 Å². The molecule has 0 aliphatic rings. The first-order valence-corrected chi connectivity index (χ1v) is 13.8. The van der Waals surface area contributed by atoms with E-state index in [0.29, 0.717) is 26.1 Å². The second-order valence-corrected chi connectivity index (χ2v) is 9.51. The predicted octanol–water partition coefficient (Wildman–Crippen LogP) is 8.83. The smallest absolute Gasteiger partial charge is 0.162 e. The molecule has 0 aliphatic heterocycles. The van der Waals surface area contributed by atoms with Gasteiger partial charge in [-0.1, -0.05) is 86.6 Å². The molecular formula is C35H36O4. The van der Waals surface area contributed by atoms with Crippen molar-refractivity contribution in [1.29, 1.82) is 0 Å². The standard InChI is InChI=1S/C35H36O4/c1-3-34(36)30-12-8-26(9-13-30)28-16-20-32(21-17-28)38-24-6-5-7-25-39-33-22-18-29(19-23-33)27-10-14-31(15-11-27)35(37)4-2/h8-23H,3-7,24-25H2,1-2H3. The molecule has 4 heteroatoms. The lowest BCUT2D eigenvalue weighted by atomic mass is 10.0. The van der Waals surface area contributed by atoms with E-state index in [1.165, 1.54) is 0 Å². The molecule has 4 nitrogen and oxygen atoms in total. The molecule has 4 rings (SSSR count). The summed E-state index contributed by atoms with van der Waals surface area (Å²) in [7, 11) is 0. The Morgan fingerprint density at radius 2 is 0.769 bits per heavy atom. The van der Waals surface area contributed by atoms with Gasteiger partial charge in [0, 0.05) is 24.0 Å². The maximum absolute atomic E-state index is 11.8. The molecule has 0 unspecified atom stereocenters. The molecule has 0 saturated carbocycles. The molecule has 200 valence electrons. The van der Waals surface area contributed by atoms with E-state index in [1.807, 2.05) is 111 Å². The van der Waals surface area contributed by atoms with Gasteiger partial charge in [0.25, 0.3) is 0 Å². The van der Waals surface area contributed by atoms with Gasteiger partial charge in [-0.15, -0.1) is 0 Å². The van der Waals surface area contributed by atoms with Crippen molar-refractivity contribution in [1.82, 2.24) is 0 Å². The number of carbonyl (C=O) groups is 2. The van der Waals surface area contributed by atoms with Crippen LogP contribution in [0.5, 0.6) is 11.5 Å². The molecule has 0 radical (unpaired) electrons. The number of ketones is 2. The summed E-state index contributed by atoms with van der Waals surface area (Å²) in [5.41, 5.74) is 5.89. The van der Waals surface area contributed by atoms with Crippen molar-refractivity contribution >= 4 is 11.6 Å². The molecule has 4 aromatic rings. The first kappa shape index (κ1) is 27.8. The third-order valence-corrected chi connectivity index (χ3v) is 6.76. The molecule has 0 atom stereocenters. The van der Waals surface area contributed by atoms with Gasteiger partial charge in [0.1, 0.15) is 11.5 Å². The number of unbranched alkanes of at least 4 members (excludes halogenated alkanes) is 2. The predicted molar refractivity (Wildman–Crippen MR) is 158 cm³/mol. The average Bonchev–Trinajstić information content (AvgIpc) is 3.00. The van der Waals surface area contributed by atoms with Crippen LogP contribution >= 0.6 is 0 Å². The summed E-state index contributed by atoms with van der Waals surface area (Å²) in [6.07, 6.45) is 4.00. The summed E-state index contributed by atoms with van der Waals surface area (Å²) >= 11 is 0. The van der Waals surface area contributed by atoms with Gasteiger partial charge in [-0.3, -0.25) is 9.59 Å². The summed E-state index contributed by atoms with van der Waals surface area (Å²) in [5, 5.41) is 0. The third kappa shape index (κ3) is 7.90. The minimum Gasteiger partial charge on any atom is -0.494 e. The lowest BCUT2D eigenvalue weighted by molar-refractivity contribution is 0.0980. The molecule has 4 aromatic carbocycles. The topological polar surface area (TPSA) is 52.6 Å². The minimum atomic E-state index is 0.163. The van der Waals surface area contributed by atoms with Crippen molar-refractivity contribution in [2.24, 2.45) is 0 Å². The van der Waals surface area contributed by atoms with Crippen LogP contribution in [0.4, 0.5) is 0 Å². The Morgan fingerprint density at radius 3 is 1.08 bits per heavy atom. The third-order valence-electron chi connectivity index (χ3n) is 6.76. The van der Waals surface area contributed by atoms with Crippen LogP contribution in [0.3, 0.4) is 0 Å². The van der Waals surface area contributed by atoms with E-state index in [4.69, 9.17) is 9.47 Å². The van der Waals surface area contributed by atoms with Crippen molar-refractivity contribution in [3.05, 3.63) is 108 Å². The molecule has 0 spiro atoms. The van der Waals surface area contributed by atoms with Gasteiger partial charge in [-0.25, -0.2) is 0 Å². The summed E-state index contributed by atoms with van der Waals surface area (Å²) < 4.78 is 11.8. The number of ether oxygens (including phenoxy) is 2. The van der Waals surface area contributed by atoms with Crippen LogP contribution in [-0.4, -0.2) is 24.8 Å². The number of hydrogen-bond acceptors (Lipinski definition) is 4. The highest BCUT2D eigenvalue weighted by Crippen LogP contribution is 2.25. The summed E-state index contributed by atoms with van der Waals surface area (Å²) in [6.45, 7) is 5.10. The normalized spacial score (nSPS) is 10.7. The molecule has 0 heterocycles. The molecule has 0 bridgehead atoms. The van der Waals surface area contributed by atoms with E-state index in [0.717, 1.165) is 64.1 Å². The zero-order chi connectivity index (χ0) is 27.5. The highest BCUT2D eigenvalue weighted by molar-refractivity contribution is 5.96. The highest BCUT2D eigenvalue weighted by Gasteiger charge is 2.06. The van der Waals surface area contributed by atoms with E-state index in [2.05, 4.69) is 0 Å². The fourth-order valence-corrected chi connectivity index (χ4v) is 4.35. The van der Waals surface area contributed by atoms with Crippen molar-refractivity contribution in [3.8, 4) is 33.8 Å². The molecule has 0 aromatic heterocycles. The van der Waals surface area contributed by atoms with Crippen molar-refractivity contribution in [3.63, 3.8) is 0 Å². The number of benzene rings is 4. The monoisotopic (exact) mass is 520 g/mol. The number of hydrogen-bond donors (Lipinski definition) is 0. The minimum absolute atomic E-state index is 0.163. The van der Waals surface area contributed by atoms with E-state index in [9.17, 15) is 9.59 Å². The van der Waals surface area contributed by atoms with Crippen molar-refractivity contribution < 1.29 is 19.1 Å². The van der Waals surface area contributed by atoms with Gasteiger partial charge in [-0.05, 0) is 65.8 Å². The molecule has 39 heavy (non-hydrogen) atoms. The van der Waals surface area contributed by atoms with Crippen LogP contribution in [0.25, 0.3) is 22.3 Å². The first-order chi connectivity index (χ1) is 19.1. The zero-order valence-corrected chi connectivity index (χ0v) is 22.8. The lowest BCUT2D eigenvalue weighted by Gasteiger charge is -2.09. The average molecular weight is 521 g/mol. The number of rotatable bonds is 14. The van der Waals surface area contributed by atoms with Crippen LogP contribution in [0.2, 0.25) is 0 Å². The Labute approximate surface area is 231 Å². The van der Waals surface area contributed by atoms with Gasteiger partial charge < -0.3 is 9.47 Å². The Balaban J connectivity index is 1.13. The fraction of sp³-hybridized carbons (Fsp3) is 0.257. The fourth-order valence-electron chi connectivity index (χ4n) is 4.35. The second kappa shape index (κ2) is 14.1. The molecule has 0 aliphatic carbocycles. The van der Waals surface area contributed by atoms with E-state index in [1.54, 1.807) is 0 Å². The molecule has 0 fully saturated rings. The van der Waals surface area contributed by atoms with Gasteiger partial charge in [0.05, 0.1) is 13.2 Å². The maximum atomic E-state index is 11.8. The Morgan fingerprint density at radius 1 is 0.462 bits per heavy atom. The van der Waals surface area contributed by atoms with E-state index < -0.39 is 0 Å². The Bertz CT molecular complexity index is 1230. The van der Waals surface area contributed by atoms with Gasteiger partial charge in [0.2, 0.25) is 0 Å². The van der Waals surface area contributed by atoms with Crippen LogP contribution in [-0.2, 0) is 0 Å². The van der Waals surface area contributed by atoms with Gasteiger partial charge >= 0.3 is 0 Å². The largest absolute Gasteiger partial charge is 0.494 e. The van der Waals surface area contributed by atoms with Crippen molar-refractivity contribution in [2.45, 2.75) is 46.0 Å².